The Morgan fingerprint density at radius 2 is 1.45 bits per heavy atom. The van der Waals surface area contributed by atoms with Crippen molar-refractivity contribution in [2.24, 2.45) is 0 Å². The zero-order chi connectivity index (χ0) is 16.3. The number of carbonyl (C=O) groups is 2. The lowest BCUT2D eigenvalue weighted by molar-refractivity contribution is 0.103. The van der Waals surface area contributed by atoms with Gasteiger partial charge in [0.1, 0.15) is 5.75 Å². The van der Waals surface area contributed by atoms with Crippen molar-refractivity contribution < 1.29 is 24.9 Å². The molecule has 0 fully saturated rings. The maximum absolute atomic E-state index is 12.4. The first kappa shape index (κ1) is 15.3. The second-order valence-electron chi connectivity index (χ2n) is 4.76. The minimum absolute atomic E-state index is 0.0475. The monoisotopic (exact) mass is 298 g/mol. The normalized spacial score (nSPS) is 10.8. The molecule has 5 nitrogen and oxygen atoms in total. The first-order chi connectivity index (χ1) is 10.4. The molecule has 112 valence electrons. The highest BCUT2D eigenvalue weighted by atomic mass is 16.6. The molecular formula is C17H14O5. The van der Waals surface area contributed by atoms with E-state index in [1.165, 1.54) is 0 Å². The van der Waals surface area contributed by atoms with Crippen LogP contribution in [0.3, 0.4) is 0 Å². The fourth-order valence-corrected chi connectivity index (χ4v) is 2.15. The van der Waals surface area contributed by atoms with Crippen molar-refractivity contribution >= 4 is 24.1 Å². The van der Waals surface area contributed by atoms with Gasteiger partial charge in [-0.15, -0.1) is 0 Å². The van der Waals surface area contributed by atoms with Crippen LogP contribution in [0.15, 0.2) is 36.4 Å². The molecule has 1 aliphatic rings. The average molecular weight is 298 g/mol. The van der Waals surface area contributed by atoms with Gasteiger partial charge in [0.25, 0.3) is 0 Å². The van der Waals surface area contributed by atoms with Crippen LogP contribution < -0.4 is 0 Å². The van der Waals surface area contributed by atoms with Crippen LogP contribution in [0.5, 0.6) is 5.75 Å². The van der Waals surface area contributed by atoms with Gasteiger partial charge >= 0.3 is 6.16 Å². The number of ketones is 1. The Morgan fingerprint density at radius 1 is 0.909 bits per heavy atom. The summed E-state index contributed by atoms with van der Waals surface area (Å²) in [4.78, 5) is 20.9. The molecule has 0 heterocycles. The van der Waals surface area contributed by atoms with Crippen molar-refractivity contribution in [1.29, 1.82) is 0 Å². The molecule has 3 N–H and O–H groups in total. The molecule has 1 aliphatic carbocycles. The highest BCUT2D eigenvalue weighted by Crippen LogP contribution is 2.32. The van der Waals surface area contributed by atoms with Crippen molar-refractivity contribution in [2.45, 2.75) is 6.92 Å². The fourth-order valence-electron chi connectivity index (χ4n) is 2.15. The van der Waals surface area contributed by atoms with Crippen LogP contribution in [0, 0.1) is 6.92 Å². The summed E-state index contributed by atoms with van der Waals surface area (Å²) in [5, 5.41) is 23.9. The predicted molar refractivity (Wildman–Crippen MR) is 82.3 cm³/mol. The molecule has 2 aromatic carbocycles. The van der Waals surface area contributed by atoms with E-state index in [-0.39, 0.29) is 11.5 Å². The molecule has 0 bridgehead atoms. The van der Waals surface area contributed by atoms with Gasteiger partial charge in [-0.1, -0.05) is 36.4 Å². The third kappa shape index (κ3) is 3.15. The Bertz CT molecular complexity index is 771. The molecule has 0 saturated carbocycles. The molecular weight excluding hydrogens is 284 g/mol. The topological polar surface area (TPSA) is 94.8 Å². The second-order valence-corrected chi connectivity index (χ2v) is 4.76. The summed E-state index contributed by atoms with van der Waals surface area (Å²) in [6.45, 7) is 1.89. The molecule has 0 atom stereocenters. The lowest BCUT2D eigenvalue weighted by Gasteiger charge is -2.14. The highest BCUT2D eigenvalue weighted by molar-refractivity contribution is 6.12. The maximum atomic E-state index is 12.4. The number of rotatable bonds is 2. The number of benzene rings is 2. The summed E-state index contributed by atoms with van der Waals surface area (Å²) in [6.07, 6.45) is 2.01. The van der Waals surface area contributed by atoms with Crippen LogP contribution in [0.2, 0.25) is 0 Å². The van der Waals surface area contributed by atoms with Gasteiger partial charge in [-0.2, -0.15) is 0 Å². The van der Waals surface area contributed by atoms with Gasteiger partial charge < -0.3 is 15.3 Å². The van der Waals surface area contributed by atoms with E-state index in [0.717, 1.165) is 16.7 Å². The summed E-state index contributed by atoms with van der Waals surface area (Å²) >= 11 is 0. The summed E-state index contributed by atoms with van der Waals surface area (Å²) in [5.41, 5.74) is 3.90. The van der Waals surface area contributed by atoms with E-state index in [0.29, 0.717) is 11.1 Å². The van der Waals surface area contributed by atoms with Crippen molar-refractivity contribution in [2.75, 3.05) is 0 Å². The Hall–Kier alpha value is -3.08. The maximum Gasteiger partial charge on any atom is 0.503 e. The number of hydrogen-bond acceptors (Lipinski definition) is 3. The number of fused-ring (bicyclic) bond motifs is 1. The van der Waals surface area contributed by atoms with Crippen LogP contribution in [-0.4, -0.2) is 27.3 Å². The van der Waals surface area contributed by atoms with Crippen LogP contribution in [-0.2, 0) is 0 Å². The lowest BCUT2D eigenvalue weighted by atomic mass is 9.91. The van der Waals surface area contributed by atoms with E-state index in [9.17, 15) is 9.90 Å². The average Bonchev–Trinajstić information content (AvgIpc) is 2.42. The van der Waals surface area contributed by atoms with Gasteiger partial charge in [0, 0.05) is 5.56 Å². The summed E-state index contributed by atoms with van der Waals surface area (Å²) in [5.74, 6) is -0.0833. The van der Waals surface area contributed by atoms with Gasteiger partial charge in [-0.25, -0.2) is 4.79 Å². The number of carbonyl (C=O) groups excluding carboxylic acids is 1. The molecule has 0 spiro atoms. The van der Waals surface area contributed by atoms with E-state index in [1.807, 2.05) is 37.3 Å². The zero-order valence-electron chi connectivity index (χ0n) is 11.8. The third-order valence-corrected chi connectivity index (χ3v) is 3.28. The summed E-state index contributed by atoms with van der Waals surface area (Å²) in [6, 6.07) is 10.8. The van der Waals surface area contributed by atoms with E-state index >= 15 is 0 Å². The quantitative estimate of drug-likeness (QED) is 0.628. The SMILES string of the molecule is Cc1ccccc1C(=O)c1cc2c(cc1O)C=C2.O=C(O)O. The van der Waals surface area contributed by atoms with Gasteiger partial charge in [-0.05, 0) is 35.7 Å². The Morgan fingerprint density at radius 3 is 2.00 bits per heavy atom. The molecule has 2 aromatic rings. The van der Waals surface area contributed by atoms with Gasteiger partial charge in [0.15, 0.2) is 5.78 Å². The Kier molecular flexibility index (Phi) is 4.27. The largest absolute Gasteiger partial charge is 0.507 e. The number of hydrogen-bond donors (Lipinski definition) is 3. The summed E-state index contributed by atoms with van der Waals surface area (Å²) < 4.78 is 0. The first-order valence-corrected chi connectivity index (χ1v) is 6.47. The summed E-state index contributed by atoms with van der Waals surface area (Å²) in [7, 11) is 0. The van der Waals surface area contributed by atoms with Crippen molar-refractivity contribution in [3.63, 3.8) is 0 Å². The van der Waals surface area contributed by atoms with Crippen LogP contribution >= 0.6 is 0 Å². The minimum Gasteiger partial charge on any atom is -0.507 e. The van der Waals surface area contributed by atoms with Gasteiger partial charge in [0.05, 0.1) is 5.56 Å². The molecule has 22 heavy (non-hydrogen) atoms. The van der Waals surface area contributed by atoms with E-state index in [4.69, 9.17) is 15.0 Å². The van der Waals surface area contributed by atoms with Crippen LogP contribution in [0.25, 0.3) is 12.2 Å². The molecule has 0 amide bonds. The highest BCUT2D eigenvalue weighted by Gasteiger charge is 2.18. The smallest absolute Gasteiger partial charge is 0.503 e. The predicted octanol–water partition coefficient (Wildman–Crippen LogP) is 3.64. The zero-order valence-corrected chi connectivity index (χ0v) is 11.8. The molecule has 0 saturated heterocycles. The third-order valence-electron chi connectivity index (χ3n) is 3.28. The van der Waals surface area contributed by atoms with Crippen molar-refractivity contribution in [3.8, 4) is 5.75 Å². The molecule has 0 unspecified atom stereocenters. The van der Waals surface area contributed by atoms with Gasteiger partial charge in [-0.3, -0.25) is 4.79 Å². The van der Waals surface area contributed by atoms with Crippen LogP contribution in [0.1, 0.15) is 32.6 Å². The molecule has 0 aliphatic heterocycles. The molecule has 3 rings (SSSR count). The molecule has 0 aromatic heterocycles. The molecule has 5 heteroatoms. The van der Waals surface area contributed by atoms with Gasteiger partial charge in [0.2, 0.25) is 0 Å². The van der Waals surface area contributed by atoms with E-state index in [2.05, 4.69) is 0 Å². The van der Waals surface area contributed by atoms with Crippen molar-refractivity contribution in [1.82, 2.24) is 0 Å². The number of aromatic hydroxyl groups is 1. The Labute approximate surface area is 126 Å². The van der Waals surface area contributed by atoms with E-state index < -0.39 is 6.16 Å². The number of carboxylic acid groups (broad SMARTS) is 2. The second kappa shape index (κ2) is 6.13. The van der Waals surface area contributed by atoms with Crippen LogP contribution in [0.4, 0.5) is 4.79 Å². The number of aryl methyl sites for hydroxylation is 1. The number of phenols is 1. The molecule has 0 radical (unpaired) electrons. The van der Waals surface area contributed by atoms with E-state index in [1.54, 1.807) is 18.2 Å². The van der Waals surface area contributed by atoms with Crippen molar-refractivity contribution in [3.05, 3.63) is 64.2 Å². The standard InChI is InChI=1S/C16H12O2.CH2O3/c1-10-4-2-3-5-13(10)16(18)14-8-11-6-7-12(11)9-15(14)17;2-1(3)4/h2-9,17H,1H3;(H2,2,3,4). The fraction of sp³-hybridized carbons (Fsp3) is 0.0588. The number of phenolic OH excluding ortho intramolecular Hbond substituents is 1. The Balaban J connectivity index is 0.000000396. The first-order valence-electron chi connectivity index (χ1n) is 6.47. The lowest BCUT2D eigenvalue weighted by Crippen LogP contribution is -2.05. The minimum atomic E-state index is -1.83.